The molecule has 9 heteroatoms. The summed E-state index contributed by atoms with van der Waals surface area (Å²) in [5.74, 6) is -0.769. The molecule has 0 saturated heterocycles. The van der Waals surface area contributed by atoms with Gasteiger partial charge in [-0.05, 0) is 42.5 Å². The maximum Gasteiger partial charge on any atom is 0.433 e. The van der Waals surface area contributed by atoms with Crippen LogP contribution < -0.4 is 0 Å². The first-order valence-corrected chi connectivity index (χ1v) is 7.45. The van der Waals surface area contributed by atoms with Gasteiger partial charge in [-0.2, -0.15) is 17.9 Å². The molecule has 5 nitrogen and oxygen atoms in total. The molecule has 0 spiro atoms. The lowest BCUT2D eigenvalue weighted by atomic mass is 10.1. The summed E-state index contributed by atoms with van der Waals surface area (Å²) in [5, 5.41) is 7.75. The molecule has 0 atom stereocenters. The monoisotopic (exact) mass is 359 g/mol. The summed E-state index contributed by atoms with van der Waals surface area (Å²) in [6.07, 6.45) is -4.68. The Morgan fingerprint density at radius 3 is 2.35 bits per heavy atom. The van der Waals surface area contributed by atoms with Crippen LogP contribution in [-0.2, 0) is 6.18 Å². The minimum absolute atomic E-state index is 0.00176. The lowest BCUT2D eigenvalue weighted by Gasteiger charge is -2.10. The summed E-state index contributed by atoms with van der Waals surface area (Å²) < 4.78 is 54.1. The molecule has 2 aromatic heterocycles. The minimum Gasteiger partial charge on any atom is -0.211 e. The zero-order valence-corrected chi connectivity index (χ0v) is 12.9. The van der Waals surface area contributed by atoms with Crippen LogP contribution in [0.25, 0.3) is 28.2 Å². The van der Waals surface area contributed by atoms with Gasteiger partial charge in [0.15, 0.2) is 5.69 Å². The van der Waals surface area contributed by atoms with Crippen LogP contribution in [0, 0.1) is 5.82 Å². The molecule has 0 fully saturated rings. The van der Waals surface area contributed by atoms with Crippen molar-refractivity contribution in [2.45, 2.75) is 6.18 Å². The Bertz CT molecular complexity index is 1090. The van der Waals surface area contributed by atoms with Crippen molar-refractivity contribution in [2.75, 3.05) is 0 Å². The van der Waals surface area contributed by atoms with Crippen LogP contribution in [0.15, 0.2) is 54.6 Å². The SMILES string of the molecule is Fc1ccc(-c2cc(C(F)(F)F)nc(-n3nnc4ccccc43)n2)cc1. The molecule has 0 aliphatic carbocycles. The van der Waals surface area contributed by atoms with Crippen LogP contribution in [0.1, 0.15) is 5.69 Å². The maximum absolute atomic E-state index is 13.3. The Labute approximate surface area is 143 Å². The van der Waals surface area contributed by atoms with E-state index in [2.05, 4.69) is 20.3 Å². The molecule has 0 radical (unpaired) electrons. The highest BCUT2D eigenvalue weighted by Crippen LogP contribution is 2.31. The molecule has 0 saturated carbocycles. The number of alkyl halides is 3. The number of benzene rings is 2. The Morgan fingerprint density at radius 2 is 1.62 bits per heavy atom. The highest BCUT2D eigenvalue weighted by Gasteiger charge is 2.34. The molecule has 2 aromatic carbocycles. The quantitative estimate of drug-likeness (QED) is 0.507. The van der Waals surface area contributed by atoms with Crippen molar-refractivity contribution in [1.82, 2.24) is 25.0 Å². The van der Waals surface area contributed by atoms with Gasteiger partial charge in [0.1, 0.15) is 11.3 Å². The lowest BCUT2D eigenvalue weighted by molar-refractivity contribution is -0.141. The largest absolute Gasteiger partial charge is 0.433 e. The van der Waals surface area contributed by atoms with E-state index in [0.29, 0.717) is 16.6 Å². The predicted octanol–water partition coefficient (Wildman–Crippen LogP) is 4.04. The Balaban J connectivity index is 1.94. The van der Waals surface area contributed by atoms with Gasteiger partial charge >= 0.3 is 6.18 Å². The first kappa shape index (κ1) is 16.1. The third-order valence-corrected chi connectivity index (χ3v) is 3.69. The predicted molar refractivity (Wildman–Crippen MR) is 84.9 cm³/mol. The van der Waals surface area contributed by atoms with Crippen molar-refractivity contribution < 1.29 is 17.6 Å². The number of fused-ring (bicyclic) bond motifs is 1. The molecule has 26 heavy (non-hydrogen) atoms. The third kappa shape index (κ3) is 2.87. The van der Waals surface area contributed by atoms with E-state index in [4.69, 9.17) is 0 Å². The summed E-state index contributed by atoms with van der Waals surface area (Å²) in [5.41, 5.74) is 0.169. The first-order chi connectivity index (χ1) is 12.4. The number of halogens is 4. The summed E-state index contributed by atoms with van der Waals surface area (Å²) in [6, 6.07) is 12.6. The van der Waals surface area contributed by atoms with E-state index in [9.17, 15) is 17.6 Å². The van der Waals surface area contributed by atoms with Crippen LogP contribution in [0.3, 0.4) is 0 Å². The van der Waals surface area contributed by atoms with Crippen molar-refractivity contribution in [3.05, 3.63) is 66.1 Å². The van der Waals surface area contributed by atoms with Gasteiger partial charge in [0, 0.05) is 5.56 Å². The van der Waals surface area contributed by atoms with Crippen molar-refractivity contribution in [3.63, 3.8) is 0 Å². The van der Waals surface area contributed by atoms with E-state index in [1.54, 1.807) is 24.3 Å². The number of rotatable bonds is 2. The van der Waals surface area contributed by atoms with E-state index in [0.717, 1.165) is 22.9 Å². The van der Waals surface area contributed by atoms with Gasteiger partial charge in [-0.3, -0.25) is 0 Å². The van der Waals surface area contributed by atoms with Crippen molar-refractivity contribution in [1.29, 1.82) is 0 Å². The van der Waals surface area contributed by atoms with E-state index >= 15 is 0 Å². The molecule has 130 valence electrons. The lowest BCUT2D eigenvalue weighted by Crippen LogP contribution is -2.13. The molecule has 4 aromatic rings. The zero-order chi connectivity index (χ0) is 18.3. The van der Waals surface area contributed by atoms with Gasteiger partial charge in [-0.25, -0.2) is 14.4 Å². The van der Waals surface area contributed by atoms with Crippen LogP contribution >= 0.6 is 0 Å². The highest BCUT2D eigenvalue weighted by atomic mass is 19.4. The fraction of sp³-hybridized carbons (Fsp3) is 0.0588. The van der Waals surface area contributed by atoms with Gasteiger partial charge in [0.05, 0.1) is 11.2 Å². The molecule has 0 bridgehead atoms. The van der Waals surface area contributed by atoms with Crippen LogP contribution in [0.4, 0.5) is 17.6 Å². The van der Waals surface area contributed by atoms with E-state index in [1.807, 2.05) is 0 Å². The van der Waals surface area contributed by atoms with Gasteiger partial charge < -0.3 is 0 Å². The Hall–Kier alpha value is -3.36. The minimum atomic E-state index is -4.68. The van der Waals surface area contributed by atoms with E-state index in [1.165, 1.54) is 12.1 Å². The van der Waals surface area contributed by atoms with Crippen LogP contribution in [0.5, 0.6) is 0 Å². The van der Waals surface area contributed by atoms with Crippen molar-refractivity contribution in [3.8, 4) is 17.2 Å². The first-order valence-electron chi connectivity index (χ1n) is 7.45. The molecule has 0 aliphatic heterocycles. The normalized spacial score (nSPS) is 11.8. The molecule has 0 unspecified atom stereocenters. The summed E-state index contributed by atoms with van der Waals surface area (Å²) in [7, 11) is 0. The standard InChI is InChI=1S/C17H9F4N5/c18-11-7-5-10(6-8-11)13-9-15(17(19,20)21)23-16(22-13)26-14-4-2-1-3-12(14)24-25-26/h1-9H. The molecule has 0 aliphatic rings. The van der Waals surface area contributed by atoms with Crippen LogP contribution in [-0.4, -0.2) is 25.0 Å². The van der Waals surface area contributed by atoms with Gasteiger partial charge in [-0.1, -0.05) is 17.3 Å². The third-order valence-electron chi connectivity index (χ3n) is 3.69. The topological polar surface area (TPSA) is 56.5 Å². The molecular weight excluding hydrogens is 350 g/mol. The average molecular weight is 359 g/mol. The summed E-state index contributed by atoms with van der Waals surface area (Å²) in [6.45, 7) is 0. The van der Waals surface area contributed by atoms with Gasteiger partial charge in [0.2, 0.25) is 0 Å². The van der Waals surface area contributed by atoms with Gasteiger partial charge in [-0.15, -0.1) is 5.10 Å². The summed E-state index contributed by atoms with van der Waals surface area (Å²) >= 11 is 0. The molecular formula is C17H9F4N5. The zero-order valence-electron chi connectivity index (χ0n) is 12.9. The second-order valence-corrected chi connectivity index (χ2v) is 5.43. The number of hydrogen-bond donors (Lipinski definition) is 0. The van der Waals surface area contributed by atoms with Crippen LogP contribution in [0.2, 0.25) is 0 Å². The second kappa shape index (κ2) is 5.87. The Kier molecular flexibility index (Phi) is 3.64. The second-order valence-electron chi connectivity index (χ2n) is 5.43. The maximum atomic E-state index is 13.3. The smallest absolute Gasteiger partial charge is 0.211 e. The Morgan fingerprint density at radius 1 is 0.885 bits per heavy atom. The molecule has 0 amide bonds. The number of aromatic nitrogens is 5. The summed E-state index contributed by atoms with van der Waals surface area (Å²) in [4.78, 5) is 7.76. The number of hydrogen-bond acceptors (Lipinski definition) is 4. The number of nitrogens with zero attached hydrogens (tertiary/aromatic N) is 5. The number of para-hydroxylation sites is 1. The van der Waals surface area contributed by atoms with E-state index < -0.39 is 17.7 Å². The average Bonchev–Trinajstić information content (AvgIpc) is 3.05. The van der Waals surface area contributed by atoms with E-state index in [-0.39, 0.29) is 11.6 Å². The highest BCUT2D eigenvalue weighted by molar-refractivity contribution is 5.75. The fourth-order valence-corrected chi connectivity index (χ4v) is 2.46. The van der Waals surface area contributed by atoms with Crippen molar-refractivity contribution in [2.24, 2.45) is 0 Å². The van der Waals surface area contributed by atoms with Gasteiger partial charge in [0.25, 0.3) is 5.95 Å². The van der Waals surface area contributed by atoms with Crippen molar-refractivity contribution >= 4 is 11.0 Å². The molecule has 0 N–H and O–H groups in total. The fourth-order valence-electron chi connectivity index (χ4n) is 2.46. The molecule has 2 heterocycles. The molecule has 4 rings (SSSR count).